The van der Waals surface area contributed by atoms with Crippen molar-refractivity contribution in [2.24, 2.45) is 11.7 Å². The number of likely N-dealkylation sites (tertiary alicyclic amines) is 1. The second-order valence-corrected chi connectivity index (χ2v) is 5.88. The number of nitrogens with zero attached hydrogens (tertiary/aromatic N) is 1. The second-order valence-electron chi connectivity index (χ2n) is 5.88. The lowest BCUT2D eigenvalue weighted by Crippen LogP contribution is -2.47. The number of piperidine rings is 1. The van der Waals surface area contributed by atoms with E-state index in [1.807, 2.05) is 0 Å². The molecule has 2 unspecified atom stereocenters. The number of rotatable bonds is 4. The first-order valence-electron chi connectivity index (χ1n) is 6.54. The Morgan fingerprint density at radius 2 is 2.06 bits per heavy atom. The monoisotopic (exact) mass is 228 g/mol. The van der Waals surface area contributed by atoms with E-state index in [0.717, 1.165) is 32.7 Å². The summed E-state index contributed by atoms with van der Waals surface area (Å²) in [7, 11) is 0. The van der Waals surface area contributed by atoms with Gasteiger partial charge in [-0.15, -0.1) is 0 Å². The molecule has 1 fully saturated rings. The average Bonchev–Trinajstić information content (AvgIpc) is 2.18. The minimum absolute atomic E-state index is 0.0175. The van der Waals surface area contributed by atoms with Crippen molar-refractivity contribution in [2.75, 3.05) is 26.2 Å². The Kier molecular flexibility index (Phi) is 5.22. The molecule has 1 aliphatic rings. The molecule has 2 N–H and O–H groups in total. The van der Waals surface area contributed by atoms with Crippen LogP contribution in [0, 0.1) is 5.92 Å². The fourth-order valence-electron chi connectivity index (χ4n) is 2.24. The van der Waals surface area contributed by atoms with Crippen LogP contribution in [0.2, 0.25) is 0 Å². The summed E-state index contributed by atoms with van der Waals surface area (Å²) in [5, 5.41) is 0. The molecule has 0 aliphatic carbocycles. The zero-order chi connectivity index (χ0) is 12.2. The van der Waals surface area contributed by atoms with Gasteiger partial charge >= 0.3 is 0 Å². The van der Waals surface area contributed by atoms with Crippen LogP contribution in [-0.2, 0) is 4.74 Å². The van der Waals surface area contributed by atoms with E-state index in [2.05, 4.69) is 32.6 Å². The summed E-state index contributed by atoms with van der Waals surface area (Å²) in [5.74, 6) is 0.670. The van der Waals surface area contributed by atoms with E-state index in [9.17, 15) is 0 Å². The van der Waals surface area contributed by atoms with E-state index in [4.69, 9.17) is 10.5 Å². The molecule has 0 bridgehead atoms. The zero-order valence-corrected chi connectivity index (χ0v) is 11.3. The van der Waals surface area contributed by atoms with Gasteiger partial charge in [0.25, 0.3) is 0 Å². The first-order chi connectivity index (χ1) is 7.42. The molecule has 1 saturated heterocycles. The number of hydrogen-bond donors (Lipinski definition) is 1. The van der Waals surface area contributed by atoms with Gasteiger partial charge in [0.2, 0.25) is 0 Å². The highest BCUT2D eigenvalue weighted by Crippen LogP contribution is 2.18. The van der Waals surface area contributed by atoms with E-state index in [1.54, 1.807) is 0 Å². The van der Waals surface area contributed by atoms with Crippen molar-refractivity contribution in [1.82, 2.24) is 4.90 Å². The van der Waals surface area contributed by atoms with Crippen molar-refractivity contribution in [3.8, 4) is 0 Å². The van der Waals surface area contributed by atoms with Gasteiger partial charge in [0.1, 0.15) is 0 Å². The van der Waals surface area contributed by atoms with Crippen LogP contribution >= 0.6 is 0 Å². The fourth-order valence-corrected chi connectivity index (χ4v) is 2.24. The Hall–Kier alpha value is -0.120. The normalized spacial score (nSPS) is 28.3. The SMILES string of the molecule is CCC1CN(CCOC(C)(C)C)CCC1N. The molecule has 0 aromatic heterocycles. The van der Waals surface area contributed by atoms with Gasteiger partial charge in [-0.3, -0.25) is 0 Å². The van der Waals surface area contributed by atoms with E-state index < -0.39 is 0 Å². The lowest BCUT2D eigenvalue weighted by atomic mass is 9.91. The van der Waals surface area contributed by atoms with Crippen molar-refractivity contribution in [3.05, 3.63) is 0 Å². The minimum atomic E-state index is -0.0175. The standard InChI is InChI=1S/C13H28N2O/c1-5-11-10-15(7-6-12(11)14)8-9-16-13(2,3)4/h11-12H,5-10,14H2,1-4H3. The number of ether oxygens (including phenoxy) is 1. The number of nitrogens with two attached hydrogens (primary N) is 1. The summed E-state index contributed by atoms with van der Waals surface area (Å²) in [6.45, 7) is 12.7. The Balaban J connectivity index is 2.23. The lowest BCUT2D eigenvalue weighted by molar-refractivity contribution is -0.0180. The van der Waals surface area contributed by atoms with Crippen molar-refractivity contribution in [2.45, 2.75) is 52.2 Å². The van der Waals surface area contributed by atoms with Crippen molar-refractivity contribution < 1.29 is 4.74 Å². The lowest BCUT2D eigenvalue weighted by Gasteiger charge is -2.36. The largest absolute Gasteiger partial charge is 0.375 e. The quantitative estimate of drug-likeness (QED) is 0.798. The third kappa shape index (κ3) is 4.81. The van der Waals surface area contributed by atoms with Gasteiger partial charge in [-0.1, -0.05) is 13.3 Å². The van der Waals surface area contributed by atoms with Crippen LogP contribution in [0.15, 0.2) is 0 Å². The van der Waals surface area contributed by atoms with Crippen LogP contribution in [-0.4, -0.2) is 42.8 Å². The fraction of sp³-hybridized carbons (Fsp3) is 1.00. The molecule has 0 spiro atoms. The molecule has 0 amide bonds. The van der Waals surface area contributed by atoms with Crippen molar-refractivity contribution in [3.63, 3.8) is 0 Å². The van der Waals surface area contributed by atoms with E-state index in [0.29, 0.717) is 12.0 Å². The summed E-state index contributed by atoms with van der Waals surface area (Å²) >= 11 is 0. The van der Waals surface area contributed by atoms with Crippen LogP contribution in [0.5, 0.6) is 0 Å². The molecule has 1 aliphatic heterocycles. The van der Waals surface area contributed by atoms with E-state index >= 15 is 0 Å². The highest BCUT2D eigenvalue weighted by molar-refractivity contribution is 4.81. The van der Waals surface area contributed by atoms with E-state index in [1.165, 1.54) is 6.42 Å². The topological polar surface area (TPSA) is 38.5 Å². The predicted octanol–water partition coefficient (Wildman–Crippen LogP) is 1.86. The van der Waals surface area contributed by atoms with Crippen LogP contribution in [0.25, 0.3) is 0 Å². The van der Waals surface area contributed by atoms with Crippen LogP contribution in [0.4, 0.5) is 0 Å². The summed E-state index contributed by atoms with van der Waals surface area (Å²) in [4.78, 5) is 2.49. The van der Waals surface area contributed by atoms with Crippen LogP contribution in [0.1, 0.15) is 40.5 Å². The summed E-state index contributed by atoms with van der Waals surface area (Å²) in [6, 6.07) is 0.407. The maximum Gasteiger partial charge on any atom is 0.0600 e. The summed E-state index contributed by atoms with van der Waals surface area (Å²) in [5.41, 5.74) is 6.07. The molecule has 0 saturated carbocycles. The molecule has 16 heavy (non-hydrogen) atoms. The molecule has 96 valence electrons. The maximum absolute atomic E-state index is 6.09. The number of hydrogen-bond acceptors (Lipinski definition) is 3. The highest BCUT2D eigenvalue weighted by atomic mass is 16.5. The third-order valence-electron chi connectivity index (χ3n) is 3.34. The molecule has 0 aromatic rings. The molecule has 3 nitrogen and oxygen atoms in total. The minimum Gasteiger partial charge on any atom is -0.375 e. The molecular weight excluding hydrogens is 200 g/mol. The van der Waals surface area contributed by atoms with Gasteiger partial charge in [-0.05, 0) is 39.7 Å². The van der Waals surface area contributed by atoms with Crippen molar-refractivity contribution in [1.29, 1.82) is 0 Å². The van der Waals surface area contributed by atoms with Gasteiger partial charge < -0.3 is 15.4 Å². The molecule has 2 atom stereocenters. The summed E-state index contributed by atoms with van der Waals surface area (Å²) < 4.78 is 5.75. The predicted molar refractivity (Wildman–Crippen MR) is 68.5 cm³/mol. The first-order valence-corrected chi connectivity index (χ1v) is 6.54. The molecule has 1 heterocycles. The second kappa shape index (κ2) is 5.99. The molecule has 3 heteroatoms. The summed E-state index contributed by atoms with van der Waals surface area (Å²) in [6.07, 6.45) is 2.33. The van der Waals surface area contributed by atoms with Crippen LogP contribution < -0.4 is 5.73 Å². The molecule has 0 aromatic carbocycles. The van der Waals surface area contributed by atoms with Crippen LogP contribution in [0.3, 0.4) is 0 Å². The average molecular weight is 228 g/mol. The van der Waals surface area contributed by atoms with E-state index in [-0.39, 0.29) is 5.60 Å². The van der Waals surface area contributed by atoms with Gasteiger partial charge in [0, 0.05) is 19.1 Å². The van der Waals surface area contributed by atoms with Crippen molar-refractivity contribution >= 4 is 0 Å². The zero-order valence-electron chi connectivity index (χ0n) is 11.3. The highest BCUT2D eigenvalue weighted by Gasteiger charge is 2.25. The molecular formula is C13H28N2O. The first kappa shape index (κ1) is 13.9. The van der Waals surface area contributed by atoms with Gasteiger partial charge in [0.15, 0.2) is 0 Å². The van der Waals surface area contributed by atoms with Gasteiger partial charge in [0.05, 0.1) is 12.2 Å². The molecule has 1 rings (SSSR count). The third-order valence-corrected chi connectivity index (χ3v) is 3.34. The Morgan fingerprint density at radius 1 is 1.38 bits per heavy atom. The smallest absolute Gasteiger partial charge is 0.0600 e. The molecule has 0 radical (unpaired) electrons. The maximum atomic E-state index is 6.09. The van der Waals surface area contributed by atoms with Gasteiger partial charge in [-0.25, -0.2) is 0 Å². The van der Waals surface area contributed by atoms with Gasteiger partial charge in [-0.2, -0.15) is 0 Å². The Labute approximate surface area is 100 Å². The Morgan fingerprint density at radius 3 is 2.62 bits per heavy atom. The Bertz CT molecular complexity index is 201.